The van der Waals surface area contributed by atoms with Crippen LogP contribution in [0.1, 0.15) is 43.1 Å². The molecule has 2 aromatic carbocycles. The lowest BCUT2D eigenvalue weighted by molar-refractivity contribution is -0.143. The third kappa shape index (κ3) is 5.01. The number of hydrogen-bond acceptors (Lipinski definition) is 3. The van der Waals surface area contributed by atoms with Gasteiger partial charge in [-0.1, -0.05) is 48.5 Å². The summed E-state index contributed by atoms with van der Waals surface area (Å²) in [6, 6.07) is 21.6. The van der Waals surface area contributed by atoms with Gasteiger partial charge in [0.2, 0.25) is 11.8 Å². The number of rotatable bonds is 8. The van der Waals surface area contributed by atoms with Gasteiger partial charge in [-0.05, 0) is 44.0 Å². The molecule has 6 nitrogen and oxygen atoms in total. The number of methoxy groups -OCH3 is 1. The van der Waals surface area contributed by atoms with E-state index in [0.717, 1.165) is 29.1 Å². The molecule has 1 aromatic heterocycles. The minimum Gasteiger partial charge on any atom is -0.496 e. The van der Waals surface area contributed by atoms with Gasteiger partial charge in [-0.3, -0.25) is 9.59 Å². The number of carbonyl (C=O) groups is 2. The fraction of sp³-hybridized carbons (Fsp3) is 0.357. The Bertz CT molecular complexity index is 1120. The Kier molecular flexibility index (Phi) is 7.36. The topological polar surface area (TPSA) is 54.8 Å². The minimum atomic E-state index is -0.263. The van der Waals surface area contributed by atoms with Crippen LogP contribution >= 0.6 is 0 Å². The molecule has 4 rings (SSSR count). The second-order valence-corrected chi connectivity index (χ2v) is 8.96. The maximum atomic E-state index is 13.7. The van der Waals surface area contributed by atoms with E-state index in [0.29, 0.717) is 19.4 Å². The van der Waals surface area contributed by atoms with Crippen LogP contribution in [0.15, 0.2) is 72.9 Å². The second-order valence-electron chi connectivity index (χ2n) is 8.96. The normalized spacial score (nSPS) is 15.2. The molecule has 0 radical (unpaired) electrons. The second kappa shape index (κ2) is 10.6. The number of nitrogens with zero attached hydrogens (tertiary/aromatic N) is 3. The Morgan fingerprint density at radius 3 is 2.47 bits per heavy atom. The van der Waals surface area contributed by atoms with Crippen LogP contribution in [-0.4, -0.2) is 52.4 Å². The van der Waals surface area contributed by atoms with E-state index in [4.69, 9.17) is 4.74 Å². The highest BCUT2D eigenvalue weighted by molar-refractivity contribution is 5.86. The first kappa shape index (κ1) is 23.6. The first-order valence-electron chi connectivity index (χ1n) is 11.9. The fourth-order valence-electron chi connectivity index (χ4n) is 4.71. The van der Waals surface area contributed by atoms with Crippen molar-refractivity contribution in [1.82, 2.24) is 14.4 Å². The first-order valence-corrected chi connectivity index (χ1v) is 11.9. The number of hydrogen-bond donors (Lipinski definition) is 0. The van der Waals surface area contributed by atoms with E-state index in [2.05, 4.69) is 10.6 Å². The molecule has 0 saturated heterocycles. The van der Waals surface area contributed by atoms with Crippen LogP contribution < -0.4 is 4.74 Å². The highest BCUT2D eigenvalue weighted by atomic mass is 16.5. The van der Waals surface area contributed by atoms with Crippen molar-refractivity contribution in [2.75, 3.05) is 20.2 Å². The van der Waals surface area contributed by atoms with E-state index < -0.39 is 0 Å². The molecule has 0 N–H and O–H groups in total. The van der Waals surface area contributed by atoms with Gasteiger partial charge in [0.1, 0.15) is 18.3 Å². The molecule has 0 saturated carbocycles. The Morgan fingerprint density at radius 2 is 1.74 bits per heavy atom. The van der Waals surface area contributed by atoms with Gasteiger partial charge in [0, 0.05) is 43.0 Å². The zero-order valence-corrected chi connectivity index (χ0v) is 20.2. The molecule has 3 aromatic rings. The van der Waals surface area contributed by atoms with Crippen LogP contribution in [0.2, 0.25) is 0 Å². The molecule has 2 heterocycles. The molecular weight excluding hydrogens is 426 g/mol. The van der Waals surface area contributed by atoms with Crippen molar-refractivity contribution in [3.8, 4) is 5.75 Å². The van der Waals surface area contributed by atoms with Crippen molar-refractivity contribution < 1.29 is 14.3 Å². The van der Waals surface area contributed by atoms with E-state index in [-0.39, 0.29) is 30.4 Å². The average Bonchev–Trinajstić information content (AvgIpc) is 3.34. The zero-order valence-electron chi connectivity index (χ0n) is 20.2. The molecular formula is C28H33N3O3. The van der Waals surface area contributed by atoms with Crippen molar-refractivity contribution in [2.45, 2.75) is 45.3 Å². The number of aromatic nitrogens is 1. The molecule has 1 aliphatic rings. The average molecular weight is 460 g/mol. The SMILES string of the molecule is COc1ccccc1C1c2cccn2CCN1C(=O)CN(C(=O)CCc1ccccc1)C(C)C. The lowest BCUT2D eigenvalue weighted by Crippen LogP contribution is -2.49. The molecule has 0 fully saturated rings. The molecule has 1 unspecified atom stereocenters. The predicted molar refractivity (Wildman–Crippen MR) is 133 cm³/mol. The molecule has 34 heavy (non-hydrogen) atoms. The van der Waals surface area contributed by atoms with Crippen LogP contribution in [0.4, 0.5) is 0 Å². The number of benzene rings is 2. The molecule has 1 atom stereocenters. The fourth-order valence-corrected chi connectivity index (χ4v) is 4.71. The summed E-state index contributed by atoms with van der Waals surface area (Å²) < 4.78 is 7.82. The summed E-state index contributed by atoms with van der Waals surface area (Å²) in [5.41, 5.74) is 3.12. The van der Waals surface area contributed by atoms with Crippen LogP contribution in [0.3, 0.4) is 0 Å². The van der Waals surface area contributed by atoms with Crippen molar-refractivity contribution in [1.29, 1.82) is 0 Å². The van der Waals surface area contributed by atoms with E-state index >= 15 is 0 Å². The Labute approximate surface area is 201 Å². The van der Waals surface area contributed by atoms with Gasteiger partial charge < -0.3 is 19.1 Å². The lowest BCUT2D eigenvalue weighted by atomic mass is 9.98. The largest absolute Gasteiger partial charge is 0.496 e. The Morgan fingerprint density at radius 1 is 1.00 bits per heavy atom. The number of aryl methyl sites for hydroxylation is 1. The quantitative estimate of drug-likeness (QED) is 0.505. The summed E-state index contributed by atoms with van der Waals surface area (Å²) in [5.74, 6) is 0.700. The van der Waals surface area contributed by atoms with E-state index in [9.17, 15) is 9.59 Å². The third-order valence-corrected chi connectivity index (χ3v) is 6.51. The van der Waals surface area contributed by atoms with Crippen LogP contribution in [-0.2, 0) is 22.6 Å². The van der Waals surface area contributed by atoms with Gasteiger partial charge in [0.05, 0.1) is 7.11 Å². The number of amides is 2. The third-order valence-electron chi connectivity index (χ3n) is 6.51. The van der Waals surface area contributed by atoms with Gasteiger partial charge in [-0.2, -0.15) is 0 Å². The molecule has 1 aliphatic heterocycles. The molecule has 178 valence electrons. The van der Waals surface area contributed by atoms with Crippen molar-refractivity contribution >= 4 is 11.8 Å². The van der Waals surface area contributed by atoms with Crippen molar-refractivity contribution in [3.05, 3.63) is 89.7 Å². The first-order chi connectivity index (χ1) is 16.5. The van der Waals surface area contributed by atoms with E-state index in [1.807, 2.05) is 85.6 Å². The highest BCUT2D eigenvalue weighted by Gasteiger charge is 2.35. The van der Waals surface area contributed by atoms with Crippen molar-refractivity contribution in [2.24, 2.45) is 0 Å². The molecule has 0 bridgehead atoms. The standard InChI is InChI=1S/C28H33N3O3/c1-21(2)31(26(32)16-15-22-10-5-4-6-11-22)20-27(33)30-19-18-29-17-9-13-24(29)28(30)23-12-7-8-14-25(23)34-3/h4-14,17,21,28H,15-16,18-20H2,1-3H3. The predicted octanol–water partition coefficient (Wildman–Crippen LogP) is 4.30. The minimum absolute atomic E-state index is 0.00132. The maximum Gasteiger partial charge on any atom is 0.243 e. The number of carbonyl (C=O) groups excluding carboxylic acids is 2. The Balaban J connectivity index is 1.55. The number of fused-ring (bicyclic) bond motifs is 1. The van der Waals surface area contributed by atoms with Gasteiger partial charge in [-0.15, -0.1) is 0 Å². The Hall–Kier alpha value is -3.54. The summed E-state index contributed by atoms with van der Waals surface area (Å²) >= 11 is 0. The van der Waals surface area contributed by atoms with Gasteiger partial charge in [0.25, 0.3) is 0 Å². The molecule has 0 aliphatic carbocycles. The van der Waals surface area contributed by atoms with Gasteiger partial charge in [0.15, 0.2) is 0 Å². The highest BCUT2D eigenvalue weighted by Crippen LogP contribution is 2.37. The lowest BCUT2D eigenvalue weighted by Gasteiger charge is -2.39. The summed E-state index contributed by atoms with van der Waals surface area (Å²) in [5, 5.41) is 0. The monoisotopic (exact) mass is 459 g/mol. The summed E-state index contributed by atoms with van der Waals surface area (Å²) in [6.07, 6.45) is 3.10. The van der Waals surface area contributed by atoms with E-state index in [1.165, 1.54) is 0 Å². The molecule has 2 amide bonds. The number of ether oxygens (including phenoxy) is 1. The van der Waals surface area contributed by atoms with Gasteiger partial charge in [-0.25, -0.2) is 0 Å². The molecule has 6 heteroatoms. The number of para-hydroxylation sites is 1. The zero-order chi connectivity index (χ0) is 24.1. The smallest absolute Gasteiger partial charge is 0.243 e. The molecule has 0 spiro atoms. The summed E-state index contributed by atoms with van der Waals surface area (Å²) in [7, 11) is 1.65. The van der Waals surface area contributed by atoms with Gasteiger partial charge >= 0.3 is 0 Å². The van der Waals surface area contributed by atoms with Crippen LogP contribution in [0.25, 0.3) is 0 Å². The van der Waals surface area contributed by atoms with Crippen molar-refractivity contribution in [3.63, 3.8) is 0 Å². The van der Waals surface area contributed by atoms with Crippen LogP contribution in [0.5, 0.6) is 5.75 Å². The summed E-state index contributed by atoms with van der Waals surface area (Å²) in [4.78, 5) is 30.4. The van der Waals surface area contributed by atoms with Crippen LogP contribution in [0, 0.1) is 0 Å². The summed E-state index contributed by atoms with van der Waals surface area (Å²) in [6.45, 7) is 5.30. The maximum absolute atomic E-state index is 13.7. The van der Waals surface area contributed by atoms with E-state index in [1.54, 1.807) is 12.0 Å².